The summed E-state index contributed by atoms with van der Waals surface area (Å²) in [5, 5.41) is 10.6. The van der Waals surface area contributed by atoms with Gasteiger partial charge in [0.05, 0.1) is 26.4 Å². The fourth-order valence-corrected chi connectivity index (χ4v) is 11.9. The highest BCUT2D eigenvalue weighted by atomic mass is 31.2. The van der Waals surface area contributed by atoms with Crippen molar-refractivity contribution in [3.8, 4) is 0 Å². The first-order chi connectivity index (χ1) is 45.4. The maximum Gasteiger partial charge on any atom is 0.472 e. The predicted octanol–water partition coefficient (Wildman–Crippen LogP) is 21.0. The lowest BCUT2D eigenvalue weighted by Crippen LogP contribution is -2.30. The Bertz CT molecular complexity index is 2010. The normalized spacial score (nSPS) is 14.7. The molecule has 0 aromatic heterocycles. The highest BCUT2D eigenvalue weighted by Gasteiger charge is 2.30. The number of ether oxygens (including phenoxy) is 4. The van der Waals surface area contributed by atoms with Gasteiger partial charge >= 0.3 is 39.5 Å². The second-order valence-electron chi connectivity index (χ2n) is 26.4. The molecule has 0 bridgehead atoms. The van der Waals surface area contributed by atoms with Crippen LogP contribution in [-0.2, 0) is 65.4 Å². The van der Waals surface area contributed by atoms with Crippen LogP contribution < -0.4 is 0 Å². The van der Waals surface area contributed by atoms with Gasteiger partial charge in [-0.05, 0) is 88.9 Å². The molecule has 3 N–H and O–H groups in total. The monoisotopic (exact) mass is 1370 g/mol. The van der Waals surface area contributed by atoms with Gasteiger partial charge in [0, 0.05) is 25.7 Å². The number of phosphoric acid groups is 2. The van der Waals surface area contributed by atoms with Crippen molar-refractivity contribution in [1.82, 2.24) is 0 Å². The minimum atomic E-state index is -4.97. The number of esters is 4. The molecule has 6 atom stereocenters. The molecular weight excluding hydrogens is 1230 g/mol. The maximum atomic E-state index is 13.1. The largest absolute Gasteiger partial charge is 0.472 e. The van der Waals surface area contributed by atoms with Crippen LogP contribution in [0.3, 0.4) is 0 Å². The van der Waals surface area contributed by atoms with Crippen LogP contribution in [-0.4, -0.2) is 96.7 Å². The highest BCUT2D eigenvalue weighted by Crippen LogP contribution is 2.45. The van der Waals surface area contributed by atoms with Gasteiger partial charge in [0.2, 0.25) is 0 Å². The summed E-state index contributed by atoms with van der Waals surface area (Å²) in [6, 6.07) is 0. The number of allylic oxidation sites excluding steroid dienone is 8. The molecule has 0 aliphatic carbocycles. The summed E-state index contributed by atoms with van der Waals surface area (Å²) in [5.74, 6) is -0.674. The lowest BCUT2D eigenvalue weighted by Gasteiger charge is -2.21. The molecule has 0 aromatic carbocycles. The van der Waals surface area contributed by atoms with Crippen molar-refractivity contribution in [1.29, 1.82) is 0 Å². The molecule has 0 rings (SSSR count). The molecule has 0 radical (unpaired) electrons. The van der Waals surface area contributed by atoms with Gasteiger partial charge in [-0.3, -0.25) is 37.3 Å². The van der Waals surface area contributed by atoms with Crippen LogP contribution in [0.25, 0.3) is 0 Å². The first-order valence-corrected chi connectivity index (χ1v) is 40.7. The zero-order valence-electron chi connectivity index (χ0n) is 60.2. The summed E-state index contributed by atoms with van der Waals surface area (Å²) in [6.45, 7) is 9.41. The van der Waals surface area contributed by atoms with E-state index in [1.165, 1.54) is 122 Å². The Morgan fingerprint density at radius 3 is 0.947 bits per heavy atom. The summed E-state index contributed by atoms with van der Waals surface area (Å²) in [5.41, 5.74) is 0. The molecule has 0 saturated heterocycles. The second-order valence-corrected chi connectivity index (χ2v) is 29.3. The van der Waals surface area contributed by atoms with Crippen molar-refractivity contribution in [2.45, 2.75) is 355 Å². The second kappa shape index (κ2) is 65.9. The Kier molecular flexibility index (Phi) is 63.8. The molecule has 19 heteroatoms. The maximum absolute atomic E-state index is 13.1. The Morgan fingerprint density at radius 1 is 0.351 bits per heavy atom. The molecule has 0 fully saturated rings. The van der Waals surface area contributed by atoms with Crippen molar-refractivity contribution in [3.63, 3.8) is 0 Å². The van der Waals surface area contributed by atoms with Crippen LogP contribution in [0.4, 0.5) is 0 Å². The quantitative estimate of drug-likeness (QED) is 0.0169. The minimum absolute atomic E-state index is 0.0816. The van der Waals surface area contributed by atoms with E-state index in [2.05, 4.69) is 90.2 Å². The van der Waals surface area contributed by atoms with Crippen LogP contribution in [0.2, 0.25) is 0 Å². The number of unbranched alkanes of at least 4 members (excludes halogenated alkanes) is 33. The van der Waals surface area contributed by atoms with E-state index < -0.39 is 97.5 Å². The molecule has 4 unspecified atom stereocenters. The van der Waals surface area contributed by atoms with Gasteiger partial charge in [-0.25, -0.2) is 9.13 Å². The van der Waals surface area contributed by atoms with Gasteiger partial charge in [-0.1, -0.05) is 283 Å². The lowest BCUT2D eigenvalue weighted by atomic mass is 9.99. The summed E-state index contributed by atoms with van der Waals surface area (Å²) in [4.78, 5) is 72.7. The summed E-state index contributed by atoms with van der Waals surface area (Å²) >= 11 is 0. The van der Waals surface area contributed by atoms with Crippen molar-refractivity contribution in [2.75, 3.05) is 39.6 Å². The van der Waals surface area contributed by atoms with E-state index in [0.717, 1.165) is 128 Å². The van der Waals surface area contributed by atoms with E-state index in [4.69, 9.17) is 37.0 Å². The van der Waals surface area contributed by atoms with Crippen LogP contribution in [0.1, 0.15) is 337 Å². The zero-order chi connectivity index (χ0) is 69.3. The van der Waals surface area contributed by atoms with Crippen molar-refractivity contribution >= 4 is 39.5 Å². The third kappa shape index (κ3) is 66.3. The van der Waals surface area contributed by atoms with Gasteiger partial charge < -0.3 is 33.8 Å². The third-order valence-electron chi connectivity index (χ3n) is 16.6. The summed E-state index contributed by atoms with van der Waals surface area (Å²) < 4.78 is 68.4. The first kappa shape index (κ1) is 91.0. The number of aliphatic hydroxyl groups excluding tert-OH is 1. The number of phosphoric ester groups is 2. The number of carbonyl (C=O) groups is 4. The molecule has 0 aliphatic heterocycles. The highest BCUT2D eigenvalue weighted by molar-refractivity contribution is 7.47. The average Bonchev–Trinajstić information content (AvgIpc) is 1.40. The first-order valence-electron chi connectivity index (χ1n) is 37.7. The van der Waals surface area contributed by atoms with E-state index in [-0.39, 0.29) is 25.7 Å². The Balaban J connectivity index is 5.33. The smallest absolute Gasteiger partial charge is 0.462 e. The topological polar surface area (TPSA) is 237 Å². The number of hydrogen-bond donors (Lipinski definition) is 3. The van der Waals surface area contributed by atoms with E-state index in [9.17, 15) is 43.2 Å². The minimum Gasteiger partial charge on any atom is -0.462 e. The van der Waals surface area contributed by atoms with E-state index >= 15 is 0 Å². The summed E-state index contributed by atoms with van der Waals surface area (Å²) in [6.07, 6.45) is 58.5. The van der Waals surface area contributed by atoms with Crippen LogP contribution >= 0.6 is 15.6 Å². The van der Waals surface area contributed by atoms with Gasteiger partial charge in [0.15, 0.2) is 12.2 Å². The van der Waals surface area contributed by atoms with E-state index in [1.54, 1.807) is 0 Å². The van der Waals surface area contributed by atoms with Crippen LogP contribution in [0.15, 0.2) is 48.6 Å². The van der Waals surface area contributed by atoms with Crippen molar-refractivity contribution in [2.24, 2.45) is 11.8 Å². The molecule has 17 nitrogen and oxygen atoms in total. The molecule has 0 saturated carbocycles. The Morgan fingerprint density at radius 2 is 0.628 bits per heavy atom. The SMILES string of the molecule is CCCCCC/C=C\C=C/CCCCCCCC(=O)O[C@H](COC(=O)CCCCCCCCCCCCC(C)CC)COP(=O)(O)OCC(O)COP(=O)(O)OC[C@@H](COC(=O)CCCCCCCCCC(C)C)OC(=O)CCCCCCC/C=C\C=C/CCCCCC. The van der Waals surface area contributed by atoms with Crippen LogP contribution in [0, 0.1) is 11.8 Å². The van der Waals surface area contributed by atoms with Crippen LogP contribution in [0.5, 0.6) is 0 Å². The lowest BCUT2D eigenvalue weighted by molar-refractivity contribution is -0.161. The molecule has 550 valence electrons. The number of hydrogen-bond acceptors (Lipinski definition) is 15. The number of aliphatic hydroxyl groups is 1. The predicted molar refractivity (Wildman–Crippen MR) is 381 cm³/mol. The fraction of sp³-hybridized carbons (Fsp3) is 0.840. The molecule has 0 heterocycles. The van der Waals surface area contributed by atoms with Crippen molar-refractivity contribution in [3.05, 3.63) is 48.6 Å². The number of carbonyl (C=O) groups excluding carboxylic acids is 4. The molecular formula is C75H138O17P2. The third-order valence-corrected chi connectivity index (χ3v) is 18.5. The van der Waals surface area contributed by atoms with E-state index in [1.807, 2.05) is 0 Å². The van der Waals surface area contributed by atoms with Gasteiger partial charge in [-0.15, -0.1) is 0 Å². The van der Waals surface area contributed by atoms with Gasteiger partial charge in [0.25, 0.3) is 0 Å². The zero-order valence-corrected chi connectivity index (χ0v) is 62.0. The van der Waals surface area contributed by atoms with Crippen molar-refractivity contribution < 1.29 is 80.2 Å². The molecule has 94 heavy (non-hydrogen) atoms. The Labute approximate surface area is 572 Å². The van der Waals surface area contributed by atoms with E-state index in [0.29, 0.717) is 31.6 Å². The number of rotatable bonds is 70. The van der Waals surface area contributed by atoms with Gasteiger partial charge in [-0.2, -0.15) is 0 Å². The average molecular weight is 1370 g/mol. The molecule has 0 amide bonds. The standard InChI is InChI=1S/C75H138O17P2/c1-7-10-12-14-16-18-20-22-24-26-28-34-40-47-53-59-74(79)91-70(63-85-72(77)57-51-45-39-33-31-30-32-38-44-50-56-68(6)9-3)65-89-93(81,82)87-61-69(76)62-88-94(83,84)90-66-71(64-86-73(78)58-52-46-42-36-37-43-49-55-67(4)5)92-75(80)60-54-48-41-35-29-27-25-23-21-19-17-15-13-11-8-2/h18-25,67-71,76H,7-17,26-66H2,1-6H3,(H,81,82)(H,83,84)/b20-18-,21-19-,24-22-,25-23-/t68?,69?,70-,71-/m1/s1. The molecule has 0 aromatic rings. The molecule has 0 aliphatic rings. The fourth-order valence-electron chi connectivity index (χ4n) is 10.4. The summed E-state index contributed by atoms with van der Waals surface area (Å²) in [7, 11) is -9.94. The molecule has 0 spiro atoms. The van der Waals surface area contributed by atoms with Gasteiger partial charge in [0.1, 0.15) is 19.3 Å². The Hall–Kier alpha value is -2.98.